The van der Waals surface area contributed by atoms with Crippen LogP contribution in [0.5, 0.6) is 11.5 Å². The predicted octanol–water partition coefficient (Wildman–Crippen LogP) is 4.11. The van der Waals surface area contributed by atoms with E-state index >= 15 is 0 Å². The molecule has 0 bridgehead atoms. The molecule has 2 rings (SSSR count). The van der Waals surface area contributed by atoms with Gasteiger partial charge < -0.3 is 19.1 Å². The lowest BCUT2D eigenvalue weighted by Crippen LogP contribution is -2.37. The van der Waals surface area contributed by atoms with Crippen LogP contribution in [0.2, 0.25) is 0 Å². The molecule has 0 aliphatic carbocycles. The van der Waals surface area contributed by atoms with Crippen LogP contribution < -0.4 is 14.2 Å². The number of hydrogen-bond acceptors (Lipinski definition) is 5. The SMILES string of the molecule is CCS(=O)(=O)Oc1ccc(CN(CC(C)C)C(=O)Nc2ccc(OC)cc2)cc1. The lowest BCUT2D eigenvalue weighted by atomic mass is 10.1. The standard InChI is InChI=1S/C21H28N2O5S/c1-5-29(25,26)28-20-10-6-17(7-11-20)15-23(14-16(2)3)21(24)22-18-8-12-19(27-4)13-9-18/h6-13,16H,5,14-15H2,1-4H3,(H,22,24). The van der Waals surface area contributed by atoms with Crippen molar-refractivity contribution in [3.63, 3.8) is 0 Å². The van der Waals surface area contributed by atoms with Crippen molar-refractivity contribution < 1.29 is 22.1 Å². The van der Waals surface area contributed by atoms with Gasteiger partial charge >= 0.3 is 16.1 Å². The summed E-state index contributed by atoms with van der Waals surface area (Å²) in [6.07, 6.45) is 0. The predicted molar refractivity (Wildman–Crippen MR) is 114 cm³/mol. The number of rotatable bonds is 9. The number of hydrogen-bond donors (Lipinski definition) is 1. The molecule has 0 aliphatic rings. The fourth-order valence-corrected chi connectivity index (χ4v) is 3.14. The highest BCUT2D eigenvalue weighted by Gasteiger charge is 2.16. The summed E-state index contributed by atoms with van der Waals surface area (Å²) >= 11 is 0. The Morgan fingerprint density at radius 3 is 2.14 bits per heavy atom. The highest BCUT2D eigenvalue weighted by molar-refractivity contribution is 7.87. The van der Waals surface area contributed by atoms with Gasteiger partial charge in [0.25, 0.3) is 0 Å². The Kier molecular flexibility index (Phi) is 7.90. The first-order valence-electron chi connectivity index (χ1n) is 9.43. The molecule has 8 heteroatoms. The van der Waals surface area contributed by atoms with Crippen LogP contribution in [0.1, 0.15) is 26.3 Å². The van der Waals surface area contributed by atoms with Crippen LogP contribution in [0, 0.1) is 5.92 Å². The van der Waals surface area contributed by atoms with E-state index < -0.39 is 10.1 Å². The molecule has 2 aromatic carbocycles. The summed E-state index contributed by atoms with van der Waals surface area (Å²) in [5, 5.41) is 2.90. The van der Waals surface area contributed by atoms with Gasteiger partial charge in [-0.15, -0.1) is 0 Å². The lowest BCUT2D eigenvalue weighted by molar-refractivity contribution is 0.201. The Morgan fingerprint density at radius 2 is 1.62 bits per heavy atom. The number of nitrogens with zero attached hydrogens (tertiary/aromatic N) is 1. The van der Waals surface area contributed by atoms with Gasteiger partial charge in [-0.05, 0) is 54.8 Å². The minimum Gasteiger partial charge on any atom is -0.497 e. The highest BCUT2D eigenvalue weighted by Crippen LogP contribution is 2.18. The topological polar surface area (TPSA) is 84.9 Å². The van der Waals surface area contributed by atoms with Crippen LogP contribution in [0.4, 0.5) is 10.5 Å². The number of carbonyl (C=O) groups is 1. The van der Waals surface area contributed by atoms with Crippen LogP contribution in [-0.2, 0) is 16.7 Å². The third-order valence-electron chi connectivity index (χ3n) is 4.09. The highest BCUT2D eigenvalue weighted by atomic mass is 32.2. The molecule has 0 radical (unpaired) electrons. The van der Waals surface area contributed by atoms with Crippen molar-refractivity contribution in [2.45, 2.75) is 27.3 Å². The largest absolute Gasteiger partial charge is 0.497 e. The van der Waals surface area contributed by atoms with Crippen molar-refractivity contribution in [2.75, 3.05) is 24.7 Å². The van der Waals surface area contributed by atoms with Gasteiger partial charge in [0.2, 0.25) is 0 Å². The second kappa shape index (κ2) is 10.2. The van der Waals surface area contributed by atoms with Crippen LogP contribution in [-0.4, -0.2) is 38.8 Å². The number of urea groups is 1. The summed E-state index contributed by atoms with van der Waals surface area (Å²) in [7, 11) is -1.97. The molecule has 0 aliphatic heterocycles. The van der Waals surface area contributed by atoms with Crippen LogP contribution in [0.25, 0.3) is 0 Å². The Labute approximate surface area is 172 Å². The van der Waals surface area contributed by atoms with Crippen molar-refractivity contribution in [1.29, 1.82) is 0 Å². The third kappa shape index (κ3) is 7.30. The average Bonchev–Trinajstić information content (AvgIpc) is 2.69. The van der Waals surface area contributed by atoms with Crippen LogP contribution in [0.3, 0.4) is 0 Å². The fourth-order valence-electron chi connectivity index (χ4n) is 2.61. The van der Waals surface area contributed by atoms with Gasteiger partial charge in [-0.25, -0.2) is 4.79 Å². The third-order valence-corrected chi connectivity index (χ3v) is 5.24. The van der Waals surface area contributed by atoms with Crippen molar-refractivity contribution in [1.82, 2.24) is 4.90 Å². The molecule has 0 saturated heterocycles. The van der Waals surface area contributed by atoms with Gasteiger partial charge in [-0.3, -0.25) is 0 Å². The van der Waals surface area contributed by atoms with Gasteiger partial charge in [0.1, 0.15) is 11.5 Å². The number of methoxy groups -OCH3 is 1. The molecule has 0 unspecified atom stereocenters. The second-order valence-electron chi connectivity index (χ2n) is 7.01. The maximum absolute atomic E-state index is 12.8. The van der Waals surface area contributed by atoms with E-state index in [-0.39, 0.29) is 23.5 Å². The van der Waals surface area contributed by atoms with Gasteiger partial charge in [0.05, 0.1) is 12.9 Å². The fraction of sp³-hybridized carbons (Fsp3) is 0.381. The number of anilines is 1. The van der Waals surface area contributed by atoms with Gasteiger partial charge in [-0.1, -0.05) is 26.0 Å². The van der Waals surface area contributed by atoms with Crippen LogP contribution in [0.15, 0.2) is 48.5 Å². The minimum absolute atomic E-state index is 0.0948. The number of carbonyl (C=O) groups excluding carboxylic acids is 1. The van der Waals surface area contributed by atoms with E-state index in [9.17, 15) is 13.2 Å². The zero-order chi connectivity index (χ0) is 21.4. The Hall–Kier alpha value is -2.74. The first-order valence-corrected chi connectivity index (χ1v) is 11.0. The smallest absolute Gasteiger partial charge is 0.322 e. The van der Waals surface area contributed by atoms with Gasteiger partial charge in [0.15, 0.2) is 0 Å². The quantitative estimate of drug-likeness (QED) is 0.617. The number of amides is 2. The number of benzene rings is 2. The molecule has 2 amide bonds. The van der Waals surface area contributed by atoms with Crippen molar-refractivity contribution >= 4 is 21.8 Å². The van der Waals surface area contributed by atoms with Crippen molar-refractivity contribution in [3.8, 4) is 11.5 Å². The summed E-state index contributed by atoms with van der Waals surface area (Å²) < 4.78 is 33.2. The minimum atomic E-state index is -3.56. The molecular formula is C21H28N2O5S. The molecule has 7 nitrogen and oxygen atoms in total. The van der Waals surface area contributed by atoms with E-state index in [1.54, 1.807) is 60.5 Å². The normalized spacial score (nSPS) is 11.2. The van der Waals surface area contributed by atoms with E-state index in [1.165, 1.54) is 6.92 Å². The summed E-state index contributed by atoms with van der Waals surface area (Å²) in [5.41, 5.74) is 1.55. The van der Waals surface area contributed by atoms with E-state index in [4.69, 9.17) is 8.92 Å². The zero-order valence-corrected chi connectivity index (χ0v) is 18.0. The van der Waals surface area contributed by atoms with Crippen molar-refractivity contribution in [3.05, 3.63) is 54.1 Å². The molecule has 2 aromatic rings. The molecule has 1 N–H and O–H groups in total. The van der Waals surface area contributed by atoms with E-state index in [2.05, 4.69) is 5.32 Å². The Balaban J connectivity index is 2.08. The number of nitrogens with one attached hydrogen (secondary N) is 1. The second-order valence-corrected chi connectivity index (χ2v) is 8.87. The summed E-state index contributed by atoms with van der Waals surface area (Å²) in [6, 6.07) is 13.6. The monoisotopic (exact) mass is 420 g/mol. The molecule has 0 atom stereocenters. The first-order chi connectivity index (χ1) is 13.7. The first kappa shape index (κ1) is 22.5. The van der Waals surface area contributed by atoms with Crippen molar-refractivity contribution in [2.24, 2.45) is 5.92 Å². The lowest BCUT2D eigenvalue weighted by Gasteiger charge is -2.25. The molecule has 0 heterocycles. The zero-order valence-electron chi connectivity index (χ0n) is 17.2. The number of ether oxygens (including phenoxy) is 1. The van der Waals surface area contributed by atoms with E-state index in [0.29, 0.717) is 18.8 Å². The molecule has 0 saturated carbocycles. The Morgan fingerprint density at radius 1 is 1.03 bits per heavy atom. The maximum Gasteiger partial charge on any atom is 0.322 e. The Bertz CT molecular complexity index is 894. The molecular weight excluding hydrogens is 392 g/mol. The molecule has 158 valence electrons. The van der Waals surface area contributed by atoms with Gasteiger partial charge in [0, 0.05) is 18.8 Å². The maximum atomic E-state index is 12.8. The average molecular weight is 421 g/mol. The molecule has 0 fully saturated rings. The summed E-state index contributed by atoms with van der Waals surface area (Å²) in [6.45, 7) is 6.57. The summed E-state index contributed by atoms with van der Waals surface area (Å²) in [4.78, 5) is 14.5. The summed E-state index contributed by atoms with van der Waals surface area (Å²) in [5.74, 6) is 1.17. The molecule has 0 aromatic heterocycles. The van der Waals surface area contributed by atoms with E-state index in [0.717, 1.165) is 11.3 Å². The van der Waals surface area contributed by atoms with Crippen LogP contribution >= 0.6 is 0 Å². The van der Waals surface area contributed by atoms with E-state index in [1.807, 2.05) is 13.8 Å². The van der Waals surface area contributed by atoms with Gasteiger partial charge in [-0.2, -0.15) is 8.42 Å². The molecule has 0 spiro atoms. The molecule has 29 heavy (non-hydrogen) atoms.